The van der Waals surface area contributed by atoms with Gasteiger partial charge in [0.25, 0.3) is 0 Å². The first-order valence-electron chi connectivity index (χ1n) is 7.35. The zero-order valence-corrected chi connectivity index (χ0v) is 12.9. The maximum absolute atomic E-state index is 5.86. The molecule has 0 bridgehead atoms. The largest absolute Gasteiger partial charge is 0.497 e. The lowest BCUT2D eigenvalue weighted by Gasteiger charge is -2.43. The molecular weight excluding hydrogens is 250 g/mol. The van der Waals surface area contributed by atoms with Crippen LogP contribution in [-0.4, -0.2) is 55.2 Å². The first kappa shape index (κ1) is 15.3. The number of methoxy groups -OCH3 is 1. The molecule has 0 radical (unpaired) electrons. The summed E-state index contributed by atoms with van der Waals surface area (Å²) in [5.41, 5.74) is 7.29. The van der Waals surface area contributed by atoms with Gasteiger partial charge in [0.1, 0.15) is 5.75 Å². The Kier molecular flexibility index (Phi) is 5.02. The minimum Gasteiger partial charge on any atom is -0.497 e. The molecular formula is C16H27N3O. The van der Waals surface area contributed by atoms with Crippen LogP contribution in [0.25, 0.3) is 0 Å². The summed E-state index contributed by atoms with van der Waals surface area (Å²) >= 11 is 0. The van der Waals surface area contributed by atoms with Gasteiger partial charge in [0.2, 0.25) is 0 Å². The van der Waals surface area contributed by atoms with Gasteiger partial charge in [0.15, 0.2) is 0 Å². The predicted octanol–water partition coefficient (Wildman–Crippen LogP) is 1.55. The highest BCUT2D eigenvalue weighted by molar-refractivity contribution is 5.28. The van der Waals surface area contributed by atoms with E-state index in [2.05, 4.69) is 41.8 Å². The van der Waals surface area contributed by atoms with Crippen molar-refractivity contribution in [2.75, 3.05) is 39.8 Å². The molecule has 20 heavy (non-hydrogen) atoms. The topological polar surface area (TPSA) is 41.7 Å². The first-order valence-corrected chi connectivity index (χ1v) is 7.35. The highest BCUT2D eigenvalue weighted by Crippen LogP contribution is 2.18. The highest BCUT2D eigenvalue weighted by Gasteiger charge is 2.28. The Morgan fingerprint density at radius 1 is 1.20 bits per heavy atom. The van der Waals surface area contributed by atoms with Crippen molar-refractivity contribution in [3.63, 3.8) is 0 Å². The van der Waals surface area contributed by atoms with Crippen LogP contribution in [0.3, 0.4) is 0 Å². The second-order valence-corrected chi connectivity index (χ2v) is 6.13. The van der Waals surface area contributed by atoms with Gasteiger partial charge in [0.05, 0.1) is 7.11 Å². The lowest BCUT2D eigenvalue weighted by molar-refractivity contribution is 0.0537. The van der Waals surface area contributed by atoms with Gasteiger partial charge in [-0.1, -0.05) is 12.1 Å². The molecule has 1 aliphatic rings. The fourth-order valence-corrected chi connectivity index (χ4v) is 2.67. The summed E-state index contributed by atoms with van der Waals surface area (Å²) in [5, 5.41) is 0. The quantitative estimate of drug-likeness (QED) is 0.886. The Labute approximate surface area is 122 Å². The van der Waals surface area contributed by atoms with Gasteiger partial charge in [-0.2, -0.15) is 0 Å². The number of nitrogens with two attached hydrogens (primary N) is 1. The van der Waals surface area contributed by atoms with E-state index in [1.54, 1.807) is 7.11 Å². The van der Waals surface area contributed by atoms with Crippen LogP contribution < -0.4 is 10.5 Å². The number of ether oxygens (including phenoxy) is 1. The van der Waals surface area contributed by atoms with Crippen molar-refractivity contribution < 1.29 is 4.74 Å². The molecule has 1 fully saturated rings. The lowest BCUT2D eigenvalue weighted by Crippen LogP contribution is -2.57. The normalized spacial score (nSPS) is 18.2. The molecule has 4 heteroatoms. The summed E-state index contributed by atoms with van der Waals surface area (Å²) in [6.07, 6.45) is 0. The monoisotopic (exact) mass is 277 g/mol. The van der Waals surface area contributed by atoms with E-state index < -0.39 is 0 Å². The van der Waals surface area contributed by atoms with Crippen molar-refractivity contribution in [2.45, 2.75) is 25.9 Å². The summed E-state index contributed by atoms with van der Waals surface area (Å²) in [7, 11) is 1.72. The average molecular weight is 277 g/mol. The van der Waals surface area contributed by atoms with Crippen molar-refractivity contribution in [3.8, 4) is 5.75 Å². The summed E-state index contributed by atoms with van der Waals surface area (Å²) < 4.78 is 5.28. The van der Waals surface area contributed by atoms with E-state index in [9.17, 15) is 0 Å². The van der Waals surface area contributed by atoms with Crippen molar-refractivity contribution in [1.29, 1.82) is 0 Å². The standard InChI is InChI=1S/C16H27N3O/c1-16(2,13-17)19-9-7-18(8-10-19)12-14-5-4-6-15(11-14)20-3/h4-6,11H,7-10,12-13,17H2,1-3H3. The Morgan fingerprint density at radius 2 is 1.90 bits per heavy atom. The van der Waals surface area contributed by atoms with Crippen LogP contribution in [0.5, 0.6) is 5.75 Å². The van der Waals surface area contributed by atoms with Gasteiger partial charge >= 0.3 is 0 Å². The molecule has 0 aliphatic carbocycles. The minimum absolute atomic E-state index is 0.113. The maximum Gasteiger partial charge on any atom is 0.119 e. The predicted molar refractivity (Wildman–Crippen MR) is 83.0 cm³/mol. The van der Waals surface area contributed by atoms with Crippen LogP contribution in [0.1, 0.15) is 19.4 Å². The average Bonchev–Trinajstić information content (AvgIpc) is 2.48. The van der Waals surface area contributed by atoms with Gasteiger partial charge in [-0.25, -0.2) is 0 Å². The third-order valence-corrected chi connectivity index (χ3v) is 4.27. The number of nitrogens with zero attached hydrogens (tertiary/aromatic N) is 2. The SMILES string of the molecule is COc1cccc(CN2CCN(C(C)(C)CN)CC2)c1. The molecule has 1 aliphatic heterocycles. The van der Waals surface area contributed by atoms with Gasteiger partial charge < -0.3 is 10.5 Å². The summed E-state index contributed by atoms with van der Waals surface area (Å²) in [4.78, 5) is 4.99. The van der Waals surface area contributed by atoms with Gasteiger partial charge in [0, 0.05) is 44.8 Å². The zero-order valence-electron chi connectivity index (χ0n) is 12.9. The molecule has 0 spiro atoms. The highest BCUT2D eigenvalue weighted by atomic mass is 16.5. The van der Waals surface area contributed by atoms with Crippen molar-refractivity contribution >= 4 is 0 Å². The number of benzene rings is 1. The fraction of sp³-hybridized carbons (Fsp3) is 0.625. The lowest BCUT2D eigenvalue weighted by atomic mass is 10.0. The molecule has 0 aromatic heterocycles. The molecule has 1 saturated heterocycles. The number of hydrogen-bond donors (Lipinski definition) is 1. The Hall–Kier alpha value is -1.10. The number of piperazine rings is 1. The second kappa shape index (κ2) is 6.57. The smallest absolute Gasteiger partial charge is 0.119 e. The molecule has 1 aromatic carbocycles. The molecule has 0 saturated carbocycles. The molecule has 0 amide bonds. The Bertz CT molecular complexity index is 425. The maximum atomic E-state index is 5.86. The summed E-state index contributed by atoms with van der Waals surface area (Å²) in [6.45, 7) is 10.5. The Balaban J connectivity index is 1.88. The van der Waals surface area contributed by atoms with E-state index >= 15 is 0 Å². The van der Waals surface area contributed by atoms with E-state index in [0.717, 1.165) is 38.5 Å². The van der Waals surface area contributed by atoms with Gasteiger partial charge in [-0.05, 0) is 31.5 Å². The molecule has 1 heterocycles. The third-order valence-electron chi connectivity index (χ3n) is 4.27. The van der Waals surface area contributed by atoms with E-state index in [4.69, 9.17) is 10.5 Å². The van der Waals surface area contributed by atoms with Crippen LogP contribution in [0.2, 0.25) is 0 Å². The van der Waals surface area contributed by atoms with Crippen LogP contribution >= 0.6 is 0 Å². The molecule has 0 unspecified atom stereocenters. The van der Waals surface area contributed by atoms with E-state index in [-0.39, 0.29) is 5.54 Å². The van der Waals surface area contributed by atoms with Gasteiger partial charge in [-0.3, -0.25) is 9.80 Å². The third kappa shape index (κ3) is 3.72. The molecule has 4 nitrogen and oxygen atoms in total. The molecule has 2 N–H and O–H groups in total. The summed E-state index contributed by atoms with van der Waals surface area (Å²) in [6, 6.07) is 8.34. The van der Waals surface area contributed by atoms with Crippen LogP contribution in [0.15, 0.2) is 24.3 Å². The number of rotatable bonds is 5. The zero-order chi connectivity index (χ0) is 14.6. The van der Waals surface area contributed by atoms with Crippen molar-refractivity contribution in [1.82, 2.24) is 9.80 Å². The van der Waals surface area contributed by atoms with Crippen molar-refractivity contribution in [3.05, 3.63) is 29.8 Å². The molecule has 0 atom stereocenters. The summed E-state index contributed by atoms with van der Waals surface area (Å²) in [5.74, 6) is 0.936. The van der Waals surface area contributed by atoms with Gasteiger partial charge in [-0.15, -0.1) is 0 Å². The molecule has 112 valence electrons. The van der Waals surface area contributed by atoms with E-state index in [1.165, 1.54) is 5.56 Å². The minimum atomic E-state index is 0.113. The molecule has 2 rings (SSSR count). The number of hydrogen-bond acceptors (Lipinski definition) is 4. The molecule has 1 aromatic rings. The van der Waals surface area contributed by atoms with E-state index in [0.29, 0.717) is 6.54 Å². The van der Waals surface area contributed by atoms with Crippen LogP contribution in [0.4, 0.5) is 0 Å². The van der Waals surface area contributed by atoms with Crippen molar-refractivity contribution in [2.24, 2.45) is 5.73 Å². The first-order chi connectivity index (χ1) is 9.55. The Morgan fingerprint density at radius 3 is 2.50 bits per heavy atom. The fourth-order valence-electron chi connectivity index (χ4n) is 2.67. The van der Waals surface area contributed by atoms with Crippen LogP contribution in [-0.2, 0) is 6.54 Å². The van der Waals surface area contributed by atoms with Crippen LogP contribution in [0, 0.1) is 0 Å². The van der Waals surface area contributed by atoms with E-state index in [1.807, 2.05) is 6.07 Å². The second-order valence-electron chi connectivity index (χ2n) is 6.13.